The van der Waals surface area contributed by atoms with Crippen molar-refractivity contribution in [2.24, 2.45) is 0 Å². The molecule has 1 heterocycles. The van der Waals surface area contributed by atoms with Gasteiger partial charge in [0.05, 0.1) is 11.6 Å². The van der Waals surface area contributed by atoms with E-state index < -0.39 is 12.0 Å². The summed E-state index contributed by atoms with van der Waals surface area (Å²) in [6, 6.07) is 13.3. The van der Waals surface area contributed by atoms with E-state index in [0.717, 1.165) is 29.5 Å². The molecule has 1 amide bonds. The molecule has 0 saturated carbocycles. The fourth-order valence-electron chi connectivity index (χ4n) is 3.56. The molecule has 1 saturated heterocycles. The Bertz CT molecular complexity index is 925. The smallest absolute Gasteiger partial charge is 0.326 e. The van der Waals surface area contributed by atoms with Crippen molar-refractivity contribution in [1.29, 1.82) is 0 Å². The minimum absolute atomic E-state index is 0.315. The van der Waals surface area contributed by atoms with E-state index in [1.165, 1.54) is 11.0 Å². The second-order valence-electron chi connectivity index (χ2n) is 6.77. The normalized spacial score (nSPS) is 16.8. The van der Waals surface area contributed by atoms with Crippen LogP contribution >= 0.6 is 11.6 Å². The molecule has 1 atom stereocenters. The van der Waals surface area contributed by atoms with Gasteiger partial charge >= 0.3 is 5.97 Å². The topological polar surface area (TPSA) is 66.8 Å². The number of carbonyl (C=O) groups excluding carboxylic acids is 1. The number of carbonyl (C=O) groups is 2. The van der Waals surface area contributed by atoms with Gasteiger partial charge in [0.1, 0.15) is 11.8 Å². The summed E-state index contributed by atoms with van der Waals surface area (Å²) < 4.78 is 5.73. The second-order valence-corrected chi connectivity index (χ2v) is 7.14. The van der Waals surface area contributed by atoms with Crippen LogP contribution in [0.2, 0.25) is 5.02 Å². The number of ether oxygens (including phenoxy) is 1. The highest BCUT2D eigenvalue weighted by atomic mass is 35.5. The number of hydrogen-bond donors (Lipinski definition) is 1. The average molecular weight is 413 g/mol. The van der Waals surface area contributed by atoms with Crippen LogP contribution in [0.15, 0.2) is 42.5 Å². The molecule has 0 bridgehead atoms. The number of benzene rings is 2. The van der Waals surface area contributed by atoms with Gasteiger partial charge < -0.3 is 14.7 Å². The third-order valence-electron chi connectivity index (χ3n) is 4.91. The molecule has 29 heavy (non-hydrogen) atoms. The van der Waals surface area contributed by atoms with Gasteiger partial charge in [0.2, 0.25) is 5.91 Å². The van der Waals surface area contributed by atoms with Gasteiger partial charge in [0, 0.05) is 29.8 Å². The molecule has 5 nitrogen and oxygen atoms in total. The maximum atomic E-state index is 12.7. The first kappa shape index (κ1) is 20.9. The molecule has 1 aliphatic rings. The number of para-hydroxylation sites is 1. The molecule has 1 aliphatic heterocycles. The minimum atomic E-state index is -0.963. The number of hydrogen-bond acceptors (Lipinski definition) is 3. The number of halogens is 1. The third kappa shape index (κ3) is 4.80. The third-order valence-corrected chi connectivity index (χ3v) is 5.21. The van der Waals surface area contributed by atoms with Gasteiger partial charge in [-0.05, 0) is 43.9 Å². The maximum Gasteiger partial charge on any atom is 0.326 e. The van der Waals surface area contributed by atoms with Crippen LogP contribution in [0, 0.1) is 6.07 Å². The van der Waals surface area contributed by atoms with Crippen molar-refractivity contribution < 1.29 is 19.4 Å². The predicted octanol–water partition coefficient (Wildman–Crippen LogP) is 4.68. The first-order chi connectivity index (χ1) is 14.0. The maximum absolute atomic E-state index is 12.7. The van der Waals surface area contributed by atoms with Crippen molar-refractivity contribution in [1.82, 2.24) is 4.90 Å². The van der Waals surface area contributed by atoms with Gasteiger partial charge in [-0.15, -0.1) is 0 Å². The molecule has 6 heteroatoms. The lowest BCUT2D eigenvalue weighted by atomic mass is 9.98. The van der Waals surface area contributed by atoms with E-state index in [1.807, 2.05) is 37.3 Å². The molecule has 1 N–H and O–H groups in total. The summed E-state index contributed by atoms with van der Waals surface area (Å²) in [6.07, 6.45) is 5.19. The minimum Gasteiger partial charge on any atom is -0.493 e. The number of amides is 1. The molecular weight excluding hydrogens is 390 g/mol. The Kier molecular flexibility index (Phi) is 6.94. The quantitative estimate of drug-likeness (QED) is 0.699. The SMILES string of the molecule is CCOc1ccccc1-c1c(Cl)[c]ccc1/C=C/C(=O)N1CCCCC1C(=O)O. The van der Waals surface area contributed by atoms with E-state index in [9.17, 15) is 14.7 Å². The van der Waals surface area contributed by atoms with Crippen molar-refractivity contribution in [3.63, 3.8) is 0 Å². The summed E-state index contributed by atoms with van der Waals surface area (Å²) in [4.78, 5) is 25.6. The van der Waals surface area contributed by atoms with Gasteiger partial charge in [0.25, 0.3) is 0 Å². The van der Waals surface area contributed by atoms with Crippen LogP contribution in [0.1, 0.15) is 31.7 Å². The highest BCUT2D eigenvalue weighted by molar-refractivity contribution is 6.33. The van der Waals surface area contributed by atoms with Crippen LogP contribution in [-0.4, -0.2) is 41.1 Å². The average Bonchev–Trinajstić information content (AvgIpc) is 2.73. The summed E-state index contributed by atoms with van der Waals surface area (Å²) in [7, 11) is 0. The molecule has 2 aromatic carbocycles. The molecule has 3 rings (SSSR count). The first-order valence-electron chi connectivity index (χ1n) is 9.66. The van der Waals surface area contributed by atoms with Crippen LogP contribution < -0.4 is 4.74 Å². The van der Waals surface area contributed by atoms with Crippen LogP contribution in [0.25, 0.3) is 17.2 Å². The summed E-state index contributed by atoms with van der Waals surface area (Å²) in [5.41, 5.74) is 2.26. The lowest BCUT2D eigenvalue weighted by Crippen LogP contribution is -2.47. The monoisotopic (exact) mass is 412 g/mol. The Morgan fingerprint density at radius 1 is 1.31 bits per heavy atom. The van der Waals surface area contributed by atoms with Crippen molar-refractivity contribution in [2.45, 2.75) is 32.2 Å². The van der Waals surface area contributed by atoms with Crippen LogP contribution in [0.5, 0.6) is 5.75 Å². The predicted molar refractivity (Wildman–Crippen MR) is 113 cm³/mol. The Morgan fingerprint density at radius 3 is 2.86 bits per heavy atom. The largest absolute Gasteiger partial charge is 0.493 e. The van der Waals surface area contributed by atoms with Crippen molar-refractivity contribution >= 4 is 29.6 Å². The number of carboxylic acids is 1. The number of aliphatic carboxylic acids is 1. The van der Waals surface area contributed by atoms with E-state index in [-0.39, 0.29) is 5.91 Å². The summed E-state index contributed by atoms with van der Waals surface area (Å²) in [5, 5.41) is 9.82. The number of likely N-dealkylation sites (tertiary alicyclic amines) is 1. The lowest BCUT2D eigenvalue weighted by Gasteiger charge is -2.32. The van der Waals surface area contributed by atoms with E-state index in [4.69, 9.17) is 16.3 Å². The fraction of sp³-hybridized carbons (Fsp3) is 0.304. The highest BCUT2D eigenvalue weighted by Crippen LogP contribution is 2.37. The zero-order valence-electron chi connectivity index (χ0n) is 16.2. The molecule has 2 aromatic rings. The number of carboxylic acid groups (broad SMARTS) is 1. The molecular formula is C23H23ClNO4. The first-order valence-corrected chi connectivity index (χ1v) is 10.0. The van der Waals surface area contributed by atoms with Crippen molar-refractivity contribution in [3.05, 3.63) is 59.1 Å². The molecule has 151 valence electrons. The Morgan fingerprint density at radius 2 is 2.10 bits per heavy atom. The Balaban J connectivity index is 1.94. The van der Waals surface area contributed by atoms with Crippen LogP contribution in [0.4, 0.5) is 0 Å². The molecule has 1 unspecified atom stereocenters. The zero-order valence-corrected chi connectivity index (χ0v) is 17.0. The van der Waals surface area contributed by atoms with E-state index >= 15 is 0 Å². The number of piperidine rings is 1. The Labute approximate surface area is 175 Å². The van der Waals surface area contributed by atoms with Gasteiger partial charge in [-0.25, -0.2) is 4.79 Å². The standard InChI is InChI=1S/C23H23ClNO4/c1-2-29-20-12-4-3-9-17(20)22-16(8-7-10-18(22)24)13-14-21(26)25-15-6-5-11-19(25)23(27)28/h3-4,7-9,12-14,19H,2,5-6,11,15H2,1H3,(H,27,28)/b14-13+. The zero-order chi connectivity index (χ0) is 20.8. The van der Waals surface area contributed by atoms with Crippen LogP contribution in [-0.2, 0) is 9.59 Å². The lowest BCUT2D eigenvalue weighted by molar-refractivity contribution is -0.150. The molecule has 1 fully saturated rings. The van der Waals surface area contributed by atoms with E-state index in [2.05, 4.69) is 6.07 Å². The molecule has 0 aromatic heterocycles. The molecule has 0 aliphatic carbocycles. The highest BCUT2D eigenvalue weighted by Gasteiger charge is 2.30. The summed E-state index contributed by atoms with van der Waals surface area (Å²) in [5.74, 6) is -0.584. The van der Waals surface area contributed by atoms with E-state index in [1.54, 1.807) is 12.1 Å². The van der Waals surface area contributed by atoms with Gasteiger partial charge in [0.15, 0.2) is 0 Å². The molecule has 0 spiro atoms. The van der Waals surface area contributed by atoms with Crippen molar-refractivity contribution in [3.8, 4) is 16.9 Å². The summed E-state index contributed by atoms with van der Waals surface area (Å²) in [6.45, 7) is 2.87. The number of rotatable bonds is 6. The van der Waals surface area contributed by atoms with E-state index in [0.29, 0.717) is 30.3 Å². The van der Waals surface area contributed by atoms with Gasteiger partial charge in [-0.3, -0.25) is 4.79 Å². The second kappa shape index (κ2) is 9.61. The van der Waals surface area contributed by atoms with Gasteiger partial charge in [-0.1, -0.05) is 41.9 Å². The van der Waals surface area contributed by atoms with Crippen molar-refractivity contribution in [2.75, 3.05) is 13.2 Å². The fourth-order valence-corrected chi connectivity index (χ4v) is 3.84. The summed E-state index contributed by atoms with van der Waals surface area (Å²) >= 11 is 6.45. The van der Waals surface area contributed by atoms with Crippen LogP contribution in [0.3, 0.4) is 0 Å². The Hall–Kier alpha value is -2.79. The van der Waals surface area contributed by atoms with Gasteiger partial charge in [-0.2, -0.15) is 0 Å². The number of nitrogens with zero attached hydrogens (tertiary/aromatic N) is 1. The molecule has 1 radical (unpaired) electrons.